The predicted octanol–water partition coefficient (Wildman–Crippen LogP) is 5.93. The van der Waals surface area contributed by atoms with Crippen molar-refractivity contribution in [3.63, 3.8) is 0 Å². The largest absolute Gasteiger partial charge is 0.325 e. The fourth-order valence-corrected chi connectivity index (χ4v) is 3.30. The summed E-state index contributed by atoms with van der Waals surface area (Å²) < 4.78 is 0. The normalized spacial score (nSPS) is 10.4. The summed E-state index contributed by atoms with van der Waals surface area (Å²) in [5.74, 6) is -0.625. The highest BCUT2D eigenvalue weighted by molar-refractivity contribution is 6.31. The molecule has 0 fully saturated rings. The van der Waals surface area contributed by atoms with Crippen LogP contribution in [0.25, 0.3) is 0 Å². The minimum absolute atomic E-state index is 0.138. The molecule has 0 aliphatic rings. The Bertz CT molecular complexity index is 1020. The zero-order valence-corrected chi connectivity index (χ0v) is 17.5. The number of benzene rings is 3. The van der Waals surface area contributed by atoms with Crippen LogP contribution in [-0.4, -0.2) is 23.3 Å². The number of amides is 2. The molecular formula is C22H17Cl3N2O2. The third-order valence-corrected chi connectivity index (χ3v) is 4.81. The van der Waals surface area contributed by atoms with Gasteiger partial charge in [0.25, 0.3) is 5.91 Å². The van der Waals surface area contributed by atoms with Crippen LogP contribution in [0.15, 0.2) is 72.8 Å². The number of nitrogens with one attached hydrogen (secondary N) is 1. The van der Waals surface area contributed by atoms with E-state index in [-0.39, 0.29) is 24.9 Å². The average Bonchev–Trinajstić information content (AvgIpc) is 2.67. The summed E-state index contributed by atoms with van der Waals surface area (Å²) in [6.07, 6.45) is 0. The van der Waals surface area contributed by atoms with E-state index in [1.54, 1.807) is 66.7 Å². The highest BCUT2D eigenvalue weighted by Crippen LogP contribution is 2.18. The van der Waals surface area contributed by atoms with E-state index in [1.807, 2.05) is 6.07 Å². The second kappa shape index (κ2) is 9.79. The van der Waals surface area contributed by atoms with Gasteiger partial charge in [0.05, 0.1) is 0 Å². The van der Waals surface area contributed by atoms with Gasteiger partial charge in [-0.15, -0.1) is 0 Å². The van der Waals surface area contributed by atoms with Gasteiger partial charge >= 0.3 is 0 Å². The Morgan fingerprint density at radius 3 is 2.10 bits per heavy atom. The topological polar surface area (TPSA) is 49.4 Å². The molecule has 0 bridgehead atoms. The first-order valence-electron chi connectivity index (χ1n) is 8.75. The molecule has 0 saturated carbocycles. The summed E-state index contributed by atoms with van der Waals surface area (Å²) in [4.78, 5) is 27.1. The third-order valence-electron chi connectivity index (χ3n) is 4.08. The SMILES string of the molecule is O=C(CN(Cc1cccc(Cl)c1)C(=O)c1ccc(Cl)cc1)Nc1cccc(Cl)c1. The molecule has 0 spiro atoms. The molecule has 0 aliphatic heterocycles. The minimum atomic E-state index is -0.336. The minimum Gasteiger partial charge on any atom is -0.325 e. The molecule has 148 valence electrons. The number of rotatable bonds is 6. The molecule has 7 heteroatoms. The number of halogens is 3. The van der Waals surface area contributed by atoms with Gasteiger partial charge in [0.2, 0.25) is 5.91 Å². The van der Waals surface area contributed by atoms with Crippen molar-refractivity contribution < 1.29 is 9.59 Å². The quantitative estimate of drug-likeness (QED) is 0.509. The smallest absolute Gasteiger partial charge is 0.254 e. The summed E-state index contributed by atoms with van der Waals surface area (Å²) in [5.41, 5.74) is 1.81. The Morgan fingerprint density at radius 2 is 1.45 bits per heavy atom. The molecule has 3 rings (SSSR count). The first-order valence-corrected chi connectivity index (χ1v) is 9.89. The maximum Gasteiger partial charge on any atom is 0.254 e. The number of hydrogen-bond acceptors (Lipinski definition) is 2. The molecule has 0 saturated heterocycles. The van der Waals surface area contributed by atoms with Gasteiger partial charge in [-0.3, -0.25) is 9.59 Å². The molecule has 1 N–H and O–H groups in total. The maximum absolute atomic E-state index is 13.0. The summed E-state index contributed by atoms with van der Waals surface area (Å²) in [5, 5.41) is 4.36. The van der Waals surface area contributed by atoms with Crippen molar-refractivity contribution in [2.45, 2.75) is 6.54 Å². The second-order valence-electron chi connectivity index (χ2n) is 6.36. The lowest BCUT2D eigenvalue weighted by molar-refractivity contribution is -0.117. The maximum atomic E-state index is 13.0. The van der Waals surface area contributed by atoms with E-state index in [9.17, 15) is 9.59 Å². The van der Waals surface area contributed by atoms with Gasteiger partial charge in [-0.1, -0.05) is 53.0 Å². The average molecular weight is 448 g/mol. The zero-order valence-electron chi connectivity index (χ0n) is 15.2. The Morgan fingerprint density at radius 1 is 0.793 bits per heavy atom. The Kier molecular flexibility index (Phi) is 7.15. The van der Waals surface area contributed by atoms with Crippen molar-refractivity contribution >= 4 is 52.3 Å². The van der Waals surface area contributed by atoms with Crippen LogP contribution in [0.5, 0.6) is 0 Å². The van der Waals surface area contributed by atoms with Gasteiger partial charge in [-0.05, 0) is 60.2 Å². The number of nitrogens with zero attached hydrogens (tertiary/aromatic N) is 1. The van der Waals surface area contributed by atoms with Crippen molar-refractivity contribution in [2.24, 2.45) is 0 Å². The van der Waals surface area contributed by atoms with Crippen molar-refractivity contribution in [3.05, 3.63) is 99.0 Å². The molecule has 0 aromatic heterocycles. The van der Waals surface area contributed by atoms with E-state index < -0.39 is 0 Å². The monoisotopic (exact) mass is 446 g/mol. The van der Waals surface area contributed by atoms with Crippen LogP contribution in [0, 0.1) is 0 Å². The van der Waals surface area contributed by atoms with Gasteiger partial charge in [0, 0.05) is 32.9 Å². The zero-order chi connectivity index (χ0) is 20.8. The van der Waals surface area contributed by atoms with Crippen LogP contribution in [0.4, 0.5) is 5.69 Å². The number of hydrogen-bond donors (Lipinski definition) is 1. The first kappa shape index (κ1) is 21.2. The summed E-state index contributed by atoms with van der Waals surface area (Å²) in [6.45, 7) is 0.0888. The fraction of sp³-hybridized carbons (Fsp3) is 0.0909. The summed E-state index contributed by atoms with van der Waals surface area (Å²) in [6, 6.07) is 20.5. The van der Waals surface area contributed by atoms with Crippen LogP contribution in [0.3, 0.4) is 0 Å². The lowest BCUT2D eigenvalue weighted by atomic mass is 10.1. The molecule has 2 amide bonds. The summed E-state index contributed by atoms with van der Waals surface area (Å²) >= 11 is 17.9. The molecule has 3 aromatic carbocycles. The molecule has 3 aromatic rings. The number of carbonyl (C=O) groups excluding carboxylic acids is 2. The van der Waals surface area contributed by atoms with Gasteiger partial charge < -0.3 is 10.2 Å². The van der Waals surface area contributed by atoms with Crippen LogP contribution >= 0.6 is 34.8 Å². The van der Waals surface area contributed by atoms with E-state index in [2.05, 4.69) is 5.32 Å². The highest BCUT2D eigenvalue weighted by Gasteiger charge is 2.20. The molecule has 29 heavy (non-hydrogen) atoms. The first-order chi connectivity index (χ1) is 13.9. The number of carbonyl (C=O) groups is 2. The number of anilines is 1. The van der Waals surface area contributed by atoms with Crippen molar-refractivity contribution in [1.82, 2.24) is 4.90 Å². The second-order valence-corrected chi connectivity index (χ2v) is 7.67. The van der Waals surface area contributed by atoms with E-state index in [4.69, 9.17) is 34.8 Å². The van der Waals surface area contributed by atoms with Crippen LogP contribution in [0.1, 0.15) is 15.9 Å². The van der Waals surface area contributed by atoms with Gasteiger partial charge in [0.15, 0.2) is 0 Å². The predicted molar refractivity (Wildman–Crippen MR) is 118 cm³/mol. The van der Waals surface area contributed by atoms with Gasteiger partial charge in [-0.2, -0.15) is 0 Å². The Balaban J connectivity index is 1.80. The van der Waals surface area contributed by atoms with E-state index >= 15 is 0 Å². The van der Waals surface area contributed by atoms with Gasteiger partial charge in [0.1, 0.15) is 6.54 Å². The van der Waals surface area contributed by atoms with Gasteiger partial charge in [-0.25, -0.2) is 0 Å². The molecule has 0 aliphatic carbocycles. The van der Waals surface area contributed by atoms with E-state index in [0.29, 0.717) is 26.3 Å². The molecule has 0 unspecified atom stereocenters. The Hall–Kier alpha value is -2.53. The molecule has 0 radical (unpaired) electrons. The lowest BCUT2D eigenvalue weighted by Gasteiger charge is -2.23. The van der Waals surface area contributed by atoms with Crippen molar-refractivity contribution in [3.8, 4) is 0 Å². The van der Waals surface area contributed by atoms with E-state index in [0.717, 1.165) is 5.56 Å². The van der Waals surface area contributed by atoms with Crippen LogP contribution < -0.4 is 5.32 Å². The molecule has 0 atom stereocenters. The van der Waals surface area contributed by atoms with Crippen molar-refractivity contribution in [2.75, 3.05) is 11.9 Å². The molecule has 4 nitrogen and oxygen atoms in total. The van der Waals surface area contributed by atoms with Crippen LogP contribution in [-0.2, 0) is 11.3 Å². The molecule has 0 heterocycles. The Labute approximate surface area is 184 Å². The highest BCUT2D eigenvalue weighted by atomic mass is 35.5. The third kappa shape index (κ3) is 6.23. The fourth-order valence-electron chi connectivity index (χ4n) is 2.77. The van der Waals surface area contributed by atoms with E-state index in [1.165, 1.54) is 4.90 Å². The molecular weight excluding hydrogens is 431 g/mol. The lowest BCUT2D eigenvalue weighted by Crippen LogP contribution is -2.37. The summed E-state index contributed by atoms with van der Waals surface area (Å²) in [7, 11) is 0. The standard InChI is InChI=1S/C22H17Cl3N2O2/c23-17-9-7-16(8-10-17)22(29)27(13-15-3-1-4-18(24)11-15)14-21(28)26-20-6-2-5-19(25)12-20/h1-12H,13-14H2,(H,26,28). The van der Waals surface area contributed by atoms with Crippen molar-refractivity contribution in [1.29, 1.82) is 0 Å². The van der Waals surface area contributed by atoms with Crippen LogP contribution in [0.2, 0.25) is 15.1 Å².